The second kappa shape index (κ2) is 10.2. The average molecular weight is 435 g/mol. The summed E-state index contributed by atoms with van der Waals surface area (Å²) in [7, 11) is -0.858. The van der Waals surface area contributed by atoms with Crippen LogP contribution in [0.5, 0.6) is 0 Å². The second-order valence-corrected chi connectivity index (χ2v) is 7.07. The number of rotatable bonds is 7. The van der Waals surface area contributed by atoms with Crippen molar-refractivity contribution in [1.82, 2.24) is 10.6 Å². The highest BCUT2D eigenvalue weighted by molar-refractivity contribution is 14.0. The molecule has 0 saturated heterocycles. The van der Waals surface area contributed by atoms with Crippen LogP contribution in [0.3, 0.4) is 0 Å². The molecule has 0 aromatic heterocycles. The van der Waals surface area contributed by atoms with Gasteiger partial charge in [0.15, 0.2) is 5.96 Å². The average Bonchev–Trinajstić information content (AvgIpc) is 3.15. The van der Waals surface area contributed by atoms with Crippen LogP contribution >= 0.6 is 24.0 Å². The maximum atomic E-state index is 12.0. The van der Waals surface area contributed by atoms with Crippen molar-refractivity contribution in [3.8, 4) is 0 Å². The Bertz CT molecular complexity index is 495. The first-order valence-electron chi connectivity index (χ1n) is 7.62. The number of aliphatic imine (C=N–C) groups is 1. The fraction of sp³-hybridized carbons (Fsp3) is 0.562. The summed E-state index contributed by atoms with van der Waals surface area (Å²) in [5.74, 6) is 2.80. The van der Waals surface area contributed by atoms with E-state index in [4.69, 9.17) is 0 Å². The minimum Gasteiger partial charge on any atom is -0.357 e. The first kappa shape index (κ1) is 19.4. The number of nitrogens with one attached hydrogen (secondary N) is 2. The Morgan fingerprint density at radius 1 is 1.36 bits per heavy atom. The van der Waals surface area contributed by atoms with E-state index in [1.54, 1.807) is 0 Å². The van der Waals surface area contributed by atoms with Gasteiger partial charge in [-0.3, -0.25) is 9.20 Å². The van der Waals surface area contributed by atoms with Gasteiger partial charge < -0.3 is 10.6 Å². The van der Waals surface area contributed by atoms with Crippen LogP contribution in [-0.2, 0) is 16.6 Å². The minimum atomic E-state index is -0.858. The maximum absolute atomic E-state index is 12.0. The monoisotopic (exact) mass is 435 g/mol. The Morgan fingerprint density at radius 2 is 2.05 bits per heavy atom. The van der Waals surface area contributed by atoms with Crippen LogP contribution in [0.2, 0.25) is 0 Å². The van der Waals surface area contributed by atoms with Crippen LogP contribution in [0.15, 0.2) is 35.3 Å². The third-order valence-electron chi connectivity index (χ3n) is 3.54. The van der Waals surface area contributed by atoms with Gasteiger partial charge in [0.1, 0.15) is 0 Å². The van der Waals surface area contributed by atoms with Gasteiger partial charge in [-0.1, -0.05) is 37.3 Å². The van der Waals surface area contributed by atoms with Crippen molar-refractivity contribution in [1.29, 1.82) is 0 Å². The smallest absolute Gasteiger partial charge is 0.191 e. The van der Waals surface area contributed by atoms with Crippen molar-refractivity contribution in [3.63, 3.8) is 0 Å². The lowest BCUT2D eigenvalue weighted by molar-refractivity contribution is 0.682. The second-order valence-electron chi connectivity index (χ2n) is 5.50. The summed E-state index contributed by atoms with van der Waals surface area (Å²) < 4.78 is 12.0. The van der Waals surface area contributed by atoms with E-state index in [1.165, 1.54) is 6.42 Å². The Balaban J connectivity index is 0.00000242. The van der Waals surface area contributed by atoms with Crippen LogP contribution in [0.4, 0.5) is 0 Å². The fourth-order valence-corrected chi connectivity index (χ4v) is 3.11. The van der Waals surface area contributed by atoms with Crippen LogP contribution in [0.25, 0.3) is 0 Å². The number of hydrogen-bond donors (Lipinski definition) is 2. The lowest BCUT2D eigenvalue weighted by atomic mass is 10.2. The van der Waals surface area contributed by atoms with E-state index in [0.29, 0.717) is 24.1 Å². The van der Waals surface area contributed by atoms with E-state index >= 15 is 0 Å². The molecule has 22 heavy (non-hydrogen) atoms. The van der Waals surface area contributed by atoms with Crippen molar-refractivity contribution in [2.24, 2.45) is 10.9 Å². The van der Waals surface area contributed by atoms with Gasteiger partial charge in [-0.2, -0.15) is 0 Å². The first-order chi connectivity index (χ1) is 10.2. The molecule has 2 rings (SSSR count). The molecule has 0 radical (unpaired) electrons. The molecule has 0 aliphatic heterocycles. The lowest BCUT2D eigenvalue weighted by Crippen LogP contribution is -2.39. The Morgan fingerprint density at radius 3 is 2.64 bits per heavy atom. The summed E-state index contributed by atoms with van der Waals surface area (Å²) in [5.41, 5.74) is 1.12. The lowest BCUT2D eigenvalue weighted by Gasteiger charge is -2.10. The zero-order chi connectivity index (χ0) is 15.1. The Hall–Kier alpha value is -0.630. The molecule has 4 nitrogen and oxygen atoms in total. The molecular formula is C16H26IN3OS. The van der Waals surface area contributed by atoms with Crippen molar-refractivity contribution in [2.75, 3.05) is 18.8 Å². The van der Waals surface area contributed by atoms with Gasteiger partial charge in [-0.25, -0.2) is 0 Å². The van der Waals surface area contributed by atoms with Crippen LogP contribution in [-0.4, -0.2) is 35.1 Å². The summed E-state index contributed by atoms with van der Waals surface area (Å²) in [5, 5.41) is 6.64. The van der Waals surface area contributed by atoms with Crippen LogP contribution in [0.1, 0.15) is 25.8 Å². The molecule has 1 fully saturated rings. The van der Waals surface area contributed by atoms with Crippen molar-refractivity contribution < 1.29 is 4.21 Å². The molecule has 0 spiro atoms. The van der Waals surface area contributed by atoms with Crippen molar-refractivity contribution >= 4 is 40.7 Å². The predicted octanol–water partition coefficient (Wildman–Crippen LogP) is 2.52. The summed E-state index contributed by atoms with van der Waals surface area (Å²) >= 11 is 0. The molecular weight excluding hydrogens is 409 g/mol. The topological polar surface area (TPSA) is 53.5 Å². The van der Waals surface area contributed by atoms with Gasteiger partial charge in [0.05, 0.1) is 6.54 Å². The zero-order valence-electron chi connectivity index (χ0n) is 13.2. The molecule has 0 amide bonds. The van der Waals surface area contributed by atoms with Crippen molar-refractivity contribution in [3.05, 3.63) is 35.9 Å². The number of halogens is 1. The normalized spacial score (nSPS) is 21.6. The number of hydrogen-bond acceptors (Lipinski definition) is 2. The van der Waals surface area contributed by atoms with Gasteiger partial charge in [-0.05, 0) is 24.8 Å². The molecule has 2 N–H and O–H groups in total. The largest absolute Gasteiger partial charge is 0.357 e. The molecule has 1 aliphatic carbocycles. The predicted molar refractivity (Wildman–Crippen MR) is 105 cm³/mol. The van der Waals surface area contributed by atoms with Crippen molar-refractivity contribution in [2.45, 2.75) is 32.1 Å². The Labute approximate surface area is 153 Å². The molecule has 1 aromatic rings. The van der Waals surface area contributed by atoms with E-state index < -0.39 is 10.8 Å². The Kier molecular flexibility index (Phi) is 9.00. The van der Waals surface area contributed by atoms with Gasteiger partial charge in [-0.15, -0.1) is 24.0 Å². The standard InChI is InChI=1S/C16H25N3OS.HI/c1-3-17-16(19-15-11-13(15)2)18-9-10-21(20)12-14-7-5-4-6-8-14;/h4-8,13,15H,3,9-12H2,1-2H3,(H2,17,18,19);1H. The van der Waals surface area contributed by atoms with E-state index in [2.05, 4.69) is 29.5 Å². The van der Waals surface area contributed by atoms with Gasteiger partial charge in [0, 0.05) is 34.9 Å². The first-order valence-corrected chi connectivity index (χ1v) is 9.11. The number of nitrogens with zero attached hydrogens (tertiary/aromatic N) is 1. The fourth-order valence-electron chi connectivity index (χ4n) is 2.11. The third-order valence-corrected chi connectivity index (χ3v) is 4.83. The summed E-state index contributed by atoms with van der Waals surface area (Å²) in [4.78, 5) is 4.51. The molecule has 3 unspecified atom stereocenters. The summed E-state index contributed by atoms with van der Waals surface area (Å²) in [6.07, 6.45) is 1.21. The molecule has 1 aliphatic rings. The van der Waals surface area contributed by atoms with Crippen LogP contribution in [0, 0.1) is 5.92 Å². The molecule has 3 atom stereocenters. The highest BCUT2D eigenvalue weighted by Crippen LogP contribution is 2.28. The highest BCUT2D eigenvalue weighted by Gasteiger charge is 2.33. The molecule has 0 heterocycles. The summed E-state index contributed by atoms with van der Waals surface area (Å²) in [6.45, 7) is 5.73. The van der Waals surface area contributed by atoms with E-state index in [1.807, 2.05) is 30.3 Å². The van der Waals surface area contributed by atoms with Gasteiger partial charge in [0.25, 0.3) is 0 Å². The van der Waals surface area contributed by atoms with E-state index in [9.17, 15) is 4.21 Å². The summed E-state index contributed by atoms with van der Waals surface area (Å²) in [6, 6.07) is 10.5. The molecule has 1 saturated carbocycles. The quantitative estimate of drug-likeness (QED) is 0.393. The molecule has 0 bridgehead atoms. The third kappa shape index (κ3) is 7.09. The highest BCUT2D eigenvalue weighted by atomic mass is 127. The van der Waals surface area contributed by atoms with E-state index in [0.717, 1.165) is 24.0 Å². The maximum Gasteiger partial charge on any atom is 0.191 e. The van der Waals surface area contributed by atoms with E-state index in [-0.39, 0.29) is 24.0 Å². The molecule has 6 heteroatoms. The van der Waals surface area contributed by atoms with Crippen LogP contribution < -0.4 is 10.6 Å². The van der Waals surface area contributed by atoms with Gasteiger partial charge >= 0.3 is 0 Å². The SMILES string of the molecule is CCNC(=NCCS(=O)Cc1ccccc1)NC1CC1C.I. The number of benzene rings is 1. The molecule has 124 valence electrons. The molecule has 1 aromatic carbocycles. The minimum absolute atomic E-state index is 0. The zero-order valence-corrected chi connectivity index (χ0v) is 16.4. The van der Waals surface area contributed by atoms with Gasteiger partial charge in [0.2, 0.25) is 0 Å². The number of guanidine groups is 1.